The molecular weight excluding hydrogens is 264 g/mol. The highest BCUT2D eigenvalue weighted by Crippen LogP contribution is 2.00. The topological polar surface area (TPSA) is 69.0 Å². The summed E-state index contributed by atoms with van der Waals surface area (Å²) in [6, 6.07) is 0. The first-order valence-electron chi connectivity index (χ1n) is 4.40. The zero-order valence-corrected chi connectivity index (χ0v) is 10.2. The van der Waals surface area contributed by atoms with E-state index in [-0.39, 0.29) is 10.8 Å². The lowest BCUT2D eigenvalue weighted by atomic mass is 10.4. The van der Waals surface area contributed by atoms with Crippen molar-refractivity contribution >= 4 is 21.9 Å². The van der Waals surface area contributed by atoms with Crippen LogP contribution >= 0.6 is 15.9 Å². The lowest BCUT2D eigenvalue weighted by Gasteiger charge is -2.07. The largest absolute Gasteiger partial charge is 0.468 e. The van der Waals surface area contributed by atoms with Crippen molar-refractivity contribution in [3.05, 3.63) is 12.2 Å². The molecule has 0 spiro atoms. The summed E-state index contributed by atoms with van der Waals surface area (Å²) in [7, 11) is 3.16. The van der Waals surface area contributed by atoms with Gasteiger partial charge in [-0.2, -0.15) is 5.10 Å². The van der Waals surface area contributed by atoms with Gasteiger partial charge in [-0.05, 0) is 0 Å². The van der Waals surface area contributed by atoms with Gasteiger partial charge in [0.1, 0.15) is 11.2 Å². The van der Waals surface area contributed by atoms with Crippen molar-refractivity contribution in [2.75, 3.05) is 13.7 Å². The first kappa shape index (κ1) is 12.1. The third-order valence-electron chi connectivity index (χ3n) is 1.71. The van der Waals surface area contributed by atoms with Crippen molar-refractivity contribution in [1.29, 1.82) is 0 Å². The fraction of sp³-hybridized carbons (Fsp3) is 0.625. The standard InChI is InChI=1S/C8H13BrN4O2/c1-13-5-11-7(12-13)4-10-3-6(9)8(14)15-2/h5-6,10H,3-4H2,1-2H3. The maximum Gasteiger partial charge on any atom is 0.320 e. The Hall–Kier alpha value is -0.950. The summed E-state index contributed by atoms with van der Waals surface area (Å²) in [4.78, 5) is 14.7. The number of hydrogen-bond acceptors (Lipinski definition) is 5. The van der Waals surface area contributed by atoms with Crippen LogP contribution in [0.15, 0.2) is 6.33 Å². The van der Waals surface area contributed by atoms with Crippen LogP contribution in [0.4, 0.5) is 0 Å². The minimum absolute atomic E-state index is 0.295. The first-order valence-corrected chi connectivity index (χ1v) is 5.32. The number of halogens is 1. The van der Waals surface area contributed by atoms with E-state index in [1.165, 1.54) is 7.11 Å². The normalized spacial score (nSPS) is 12.5. The van der Waals surface area contributed by atoms with E-state index in [0.717, 1.165) is 0 Å². The third kappa shape index (κ3) is 3.96. The number of alkyl halides is 1. The maximum absolute atomic E-state index is 11.0. The molecule has 1 unspecified atom stereocenters. The molecule has 15 heavy (non-hydrogen) atoms. The highest BCUT2D eigenvalue weighted by Gasteiger charge is 2.14. The maximum atomic E-state index is 11.0. The van der Waals surface area contributed by atoms with Crippen LogP contribution in [0, 0.1) is 0 Å². The van der Waals surface area contributed by atoms with E-state index >= 15 is 0 Å². The van der Waals surface area contributed by atoms with Crippen LogP contribution in [0.5, 0.6) is 0 Å². The van der Waals surface area contributed by atoms with E-state index in [9.17, 15) is 4.79 Å². The van der Waals surface area contributed by atoms with E-state index in [1.807, 2.05) is 0 Å². The van der Waals surface area contributed by atoms with Crippen molar-refractivity contribution in [3.63, 3.8) is 0 Å². The van der Waals surface area contributed by atoms with Crippen molar-refractivity contribution in [2.24, 2.45) is 7.05 Å². The molecule has 1 rings (SSSR count). The summed E-state index contributed by atoms with van der Waals surface area (Å²) in [5.74, 6) is 0.401. The Kier molecular flexibility index (Phi) is 4.70. The summed E-state index contributed by atoms with van der Waals surface area (Å²) in [5, 5.41) is 7.13. The van der Waals surface area contributed by atoms with Gasteiger partial charge in [0, 0.05) is 13.6 Å². The minimum atomic E-state index is -0.341. The molecule has 84 valence electrons. The van der Waals surface area contributed by atoms with E-state index < -0.39 is 0 Å². The van der Waals surface area contributed by atoms with Crippen molar-refractivity contribution in [1.82, 2.24) is 20.1 Å². The molecule has 0 bridgehead atoms. The second-order valence-corrected chi connectivity index (χ2v) is 4.06. The first-order chi connectivity index (χ1) is 7.13. The Bertz CT molecular complexity index is 328. The molecule has 1 aromatic heterocycles. The average Bonchev–Trinajstić information content (AvgIpc) is 2.63. The molecule has 0 fully saturated rings. The number of ether oxygens (including phenoxy) is 1. The fourth-order valence-corrected chi connectivity index (χ4v) is 1.40. The van der Waals surface area contributed by atoms with Crippen LogP contribution in [0.1, 0.15) is 5.82 Å². The van der Waals surface area contributed by atoms with Gasteiger partial charge >= 0.3 is 5.97 Å². The fourth-order valence-electron chi connectivity index (χ4n) is 0.987. The molecule has 0 aliphatic rings. The van der Waals surface area contributed by atoms with Crippen LogP contribution in [0.25, 0.3) is 0 Å². The van der Waals surface area contributed by atoms with Gasteiger partial charge in [-0.15, -0.1) is 0 Å². The quantitative estimate of drug-likeness (QED) is 0.598. The van der Waals surface area contributed by atoms with Gasteiger partial charge in [0.05, 0.1) is 13.7 Å². The Morgan fingerprint density at radius 1 is 1.80 bits per heavy atom. The minimum Gasteiger partial charge on any atom is -0.468 e. The lowest BCUT2D eigenvalue weighted by molar-refractivity contribution is -0.139. The number of carbonyl (C=O) groups is 1. The van der Waals surface area contributed by atoms with E-state index in [0.29, 0.717) is 18.9 Å². The summed E-state index contributed by atoms with van der Waals surface area (Å²) in [6.45, 7) is 1.00. The number of nitrogens with zero attached hydrogens (tertiary/aromatic N) is 3. The highest BCUT2D eigenvalue weighted by molar-refractivity contribution is 9.10. The summed E-state index contributed by atoms with van der Waals surface area (Å²) in [5.41, 5.74) is 0. The molecule has 0 saturated heterocycles. The Labute approximate surface area is 96.1 Å². The third-order valence-corrected chi connectivity index (χ3v) is 2.41. The van der Waals surface area contributed by atoms with Crippen molar-refractivity contribution in [3.8, 4) is 0 Å². The number of rotatable bonds is 5. The average molecular weight is 277 g/mol. The zero-order valence-electron chi connectivity index (χ0n) is 8.61. The van der Waals surface area contributed by atoms with Gasteiger partial charge in [-0.3, -0.25) is 9.48 Å². The van der Waals surface area contributed by atoms with Gasteiger partial charge in [-0.25, -0.2) is 4.98 Å². The molecule has 0 amide bonds. The van der Waals surface area contributed by atoms with Crippen LogP contribution in [-0.4, -0.2) is 39.2 Å². The molecule has 1 heterocycles. The molecule has 7 heteroatoms. The Morgan fingerprint density at radius 2 is 2.53 bits per heavy atom. The van der Waals surface area contributed by atoms with Crippen molar-refractivity contribution < 1.29 is 9.53 Å². The second-order valence-electron chi connectivity index (χ2n) is 2.96. The number of esters is 1. The predicted octanol–water partition coefficient (Wildman–Crippen LogP) is -0.159. The van der Waals surface area contributed by atoms with Gasteiger partial charge in [0.25, 0.3) is 0 Å². The molecule has 0 saturated carbocycles. The molecule has 0 aliphatic heterocycles. The van der Waals surface area contributed by atoms with Gasteiger partial charge < -0.3 is 10.1 Å². The molecule has 6 nitrogen and oxygen atoms in total. The van der Waals surface area contributed by atoms with Crippen molar-refractivity contribution in [2.45, 2.75) is 11.4 Å². The number of methoxy groups -OCH3 is 1. The molecule has 0 aromatic carbocycles. The number of aromatic nitrogens is 3. The molecule has 1 N–H and O–H groups in total. The molecule has 1 aromatic rings. The number of nitrogens with one attached hydrogen (secondary N) is 1. The molecule has 1 atom stereocenters. The van der Waals surface area contributed by atoms with Crippen LogP contribution in [-0.2, 0) is 23.1 Å². The predicted molar refractivity (Wildman–Crippen MR) is 57.4 cm³/mol. The van der Waals surface area contributed by atoms with E-state index in [4.69, 9.17) is 0 Å². The van der Waals surface area contributed by atoms with Gasteiger partial charge in [0.15, 0.2) is 5.82 Å². The van der Waals surface area contributed by atoms with E-state index in [1.54, 1.807) is 18.1 Å². The molecule has 0 aliphatic carbocycles. The van der Waals surface area contributed by atoms with Crippen LogP contribution in [0.2, 0.25) is 0 Å². The number of carbonyl (C=O) groups excluding carboxylic acids is 1. The molecular formula is C8H13BrN4O2. The monoisotopic (exact) mass is 276 g/mol. The second kappa shape index (κ2) is 5.82. The number of hydrogen-bond donors (Lipinski definition) is 1. The summed E-state index contributed by atoms with van der Waals surface area (Å²) < 4.78 is 6.19. The van der Waals surface area contributed by atoms with Gasteiger partial charge in [0.2, 0.25) is 0 Å². The van der Waals surface area contributed by atoms with E-state index in [2.05, 4.69) is 36.1 Å². The van der Waals surface area contributed by atoms with Gasteiger partial charge in [-0.1, -0.05) is 15.9 Å². The number of aryl methyl sites for hydroxylation is 1. The zero-order chi connectivity index (χ0) is 11.3. The molecule has 0 radical (unpaired) electrons. The highest BCUT2D eigenvalue weighted by atomic mass is 79.9. The van der Waals surface area contributed by atoms with Crippen LogP contribution < -0.4 is 5.32 Å². The Balaban J connectivity index is 2.24. The van der Waals surface area contributed by atoms with Crippen LogP contribution in [0.3, 0.4) is 0 Å². The summed E-state index contributed by atoms with van der Waals surface area (Å²) >= 11 is 3.20. The smallest absolute Gasteiger partial charge is 0.320 e. The SMILES string of the molecule is COC(=O)C(Br)CNCc1ncn(C)n1. The lowest BCUT2D eigenvalue weighted by Crippen LogP contribution is -2.29. The Morgan fingerprint density at radius 3 is 3.07 bits per heavy atom. The summed E-state index contributed by atoms with van der Waals surface area (Å²) in [6.07, 6.45) is 1.63.